The van der Waals surface area contributed by atoms with E-state index in [9.17, 15) is 0 Å². The number of benzene rings is 2. The highest BCUT2D eigenvalue weighted by molar-refractivity contribution is 14.1. The van der Waals surface area contributed by atoms with Gasteiger partial charge in [0.1, 0.15) is 0 Å². The minimum absolute atomic E-state index is 0.525. The number of hydrogen-bond acceptors (Lipinski definition) is 0. The van der Waals surface area contributed by atoms with E-state index in [0.717, 1.165) is 0 Å². The van der Waals surface area contributed by atoms with Gasteiger partial charge >= 0.3 is 0 Å². The molecule has 0 amide bonds. The molecule has 2 atom stereocenters. The summed E-state index contributed by atoms with van der Waals surface area (Å²) in [5.41, 5.74) is 4.14. The van der Waals surface area contributed by atoms with E-state index in [-0.39, 0.29) is 0 Å². The molecule has 0 aromatic heterocycles. The summed E-state index contributed by atoms with van der Waals surface area (Å²) in [6, 6.07) is 19.6. The SMILES string of the molecule is Cc1ccc(C(C)C(I)c2ccccc2)cc1. The Hall–Kier alpha value is -0.830. The zero-order valence-corrected chi connectivity index (χ0v) is 12.4. The van der Waals surface area contributed by atoms with Crippen molar-refractivity contribution in [2.75, 3.05) is 0 Å². The number of hydrogen-bond donors (Lipinski definition) is 0. The molecule has 1 heteroatoms. The van der Waals surface area contributed by atoms with Gasteiger partial charge < -0.3 is 0 Å². The summed E-state index contributed by atoms with van der Waals surface area (Å²) < 4.78 is 0.525. The third-order valence-corrected chi connectivity index (χ3v) is 4.96. The monoisotopic (exact) mass is 336 g/mol. The van der Waals surface area contributed by atoms with Crippen molar-refractivity contribution in [3.8, 4) is 0 Å². The first-order chi connectivity index (χ1) is 8.18. The summed E-state index contributed by atoms with van der Waals surface area (Å²) >= 11 is 2.55. The van der Waals surface area contributed by atoms with Crippen molar-refractivity contribution in [2.24, 2.45) is 0 Å². The van der Waals surface area contributed by atoms with Crippen molar-refractivity contribution < 1.29 is 0 Å². The predicted octanol–water partition coefficient (Wildman–Crippen LogP) is 5.27. The van der Waals surface area contributed by atoms with E-state index >= 15 is 0 Å². The molecule has 2 aromatic rings. The quantitative estimate of drug-likeness (QED) is 0.529. The van der Waals surface area contributed by atoms with Crippen LogP contribution in [0.25, 0.3) is 0 Å². The number of aryl methyl sites for hydroxylation is 1. The van der Waals surface area contributed by atoms with Crippen LogP contribution in [0.1, 0.15) is 33.5 Å². The lowest BCUT2D eigenvalue weighted by molar-refractivity contribution is 0.764. The molecule has 0 radical (unpaired) electrons. The molecule has 0 aliphatic heterocycles. The summed E-state index contributed by atoms with van der Waals surface area (Å²) in [6.45, 7) is 4.43. The van der Waals surface area contributed by atoms with E-state index in [1.807, 2.05) is 0 Å². The molecule has 0 N–H and O–H groups in total. The van der Waals surface area contributed by atoms with Crippen LogP contribution in [-0.2, 0) is 0 Å². The molecule has 0 bridgehead atoms. The molecule has 2 rings (SSSR count). The second kappa shape index (κ2) is 5.67. The fraction of sp³-hybridized carbons (Fsp3) is 0.250. The van der Waals surface area contributed by atoms with E-state index in [1.54, 1.807) is 0 Å². The predicted molar refractivity (Wildman–Crippen MR) is 82.8 cm³/mol. The van der Waals surface area contributed by atoms with Gasteiger partial charge in [-0.3, -0.25) is 0 Å². The van der Waals surface area contributed by atoms with E-state index in [4.69, 9.17) is 0 Å². The van der Waals surface area contributed by atoms with E-state index < -0.39 is 0 Å². The topological polar surface area (TPSA) is 0 Å². The maximum Gasteiger partial charge on any atom is 0.0425 e. The summed E-state index contributed by atoms with van der Waals surface area (Å²) in [6.07, 6.45) is 0. The van der Waals surface area contributed by atoms with E-state index in [1.165, 1.54) is 16.7 Å². The lowest BCUT2D eigenvalue weighted by atomic mass is 9.93. The molecule has 0 saturated heterocycles. The smallest absolute Gasteiger partial charge is 0.0425 e. The van der Waals surface area contributed by atoms with Crippen molar-refractivity contribution in [2.45, 2.75) is 23.7 Å². The lowest BCUT2D eigenvalue weighted by Crippen LogP contribution is -2.01. The molecular formula is C16H17I. The zero-order valence-electron chi connectivity index (χ0n) is 10.2. The normalized spacial score (nSPS) is 14.3. The molecule has 0 fully saturated rings. The van der Waals surface area contributed by atoms with Crippen molar-refractivity contribution in [3.63, 3.8) is 0 Å². The van der Waals surface area contributed by atoms with Crippen LogP contribution in [0.3, 0.4) is 0 Å². The first-order valence-corrected chi connectivity index (χ1v) is 7.18. The van der Waals surface area contributed by atoms with Gasteiger partial charge in [0.2, 0.25) is 0 Å². The molecule has 0 aliphatic rings. The van der Waals surface area contributed by atoms with Gasteiger partial charge in [-0.05, 0) is 24.0 Å². The fourth-order valence-corrected chi connectivity index (χ4v) is 2.79. The van der Waals surface area contributed by atoms with Crippen molar-refractivity contribution in [3.05, 3.63) is 71.3 Å². The van der Waals surface area contributed by atoms with Crippen LogP contribution in [0.5, 0.6) is 0 Å². The van der Waals surface area contributed by atoms with Crippen LogP contribution >= 0.6 is 22.6 Å². The molecule has 0 spiro atoms. The summed E-state index contributed by atoms with van der Waals surface area (Å²) in [5.74, 6) is 0.540. The zero-order chi connectivity index (χ0) is 12.3. The Bertz CT molecular complexity index is 459. The molecule has 17 heavy (non-hydrogen) atoms. The highest BCUT2D eigenvalue weighted by atomic mass is 127. The average molecular weight is 336 g/mol. The van der Waals surface area contributed by atoms with Crippen LogP contribution < -0.4 is 0 Å². The Morgan fingerprint density at radius 2 is 1.41 bits per heavy atom. The maximum absolute atomic E-state index is 2.55. The van der Waals surface area contributed by atoms with Crippen molar-refractivity contribution in [1.82, 2.24) is 0 Å². The summed E-state index contributed by atoms with van der Waals surface area (Å²) in [5, 5.41) is 0. The lowest BCUT2D eigenvalue weighted by Gasteiger charge is -2.19. The van der Waals surface area contributed by atoms with Gasteiger partial charge in [0, 0.05) is 3.92 Å². The van der Waals surface area contributed by atoms with Crippen LogP contribution in [0, 0.1) is 6.92 Å². The Morgan fingerprint density at radius 3 is 2.00 bits per heavy atom. The first kappa shape index (κ1) is 12.6. The van der Waals surface area contributed by atoms with Crippen LogP contribution in [0.4, 0.5) is 0 Å². The Balaban J connectivity index is 2.20. The highest BCUT2D eigenvalue weighted by Crippen LogP contribution is 2.37. The highest BCUT2D eigenvalue weighted by Gasteiger charge is 2.17. The van der Waals surface area contributed by atoms with Crippen molar-refractivity contribution >= 4 is 22.6 Å². The van der Waals surface area contributed by atoms with Crippen LogP contribution in [-0.4, -0.2) is 0 Å². The van der Waals surface area contributed by atoms with Crippen LogP contribution in [0.2, 0.25) is 0 Å². The van der Waals surface area contributed by atoms with Crippen LogP contribution in [0.15, 0.2) is 54.6 Å². The van der Waals surface area contributed by atoms with Gasteiger partial charge in [0.25, 0.3) is 0 Å². The molecule has 0 saturated carbocycles. The Morgan fingerprint density at radius 1 is 0.824 bits per heavy atom. The standard InChI is InChI=1S/C16H17I/c1-12-8-10-14(11-9-12)13(2)16(17)15-6-4-3-5-7-15/h3-11,13,16H,1-2H3. The first-order valence-electron chi connectivity index (χ1n) is 5.94. The molecule has 88 valence electrons. The number of alkyl halides is 1. The van der Waals surface area contributed by atoms with Gasteiger partial charge in [-0.25, -0.2) is 0 Å². The van der Waals surface area contributed by atoms with Crippen molar-refractivity contribution in [1.29, 1.82) is 0 Å². The van der Waals surface area contributed by atoms with Gasteiger partial charge in [-0.1, -0.05) is 89.7 Å². The summed E-state index contributed by atoms with van der Waals surface area (Å²) in [7, 11) is 0. The van der Waals surface area contributed by atoms with Gasteiger partial charge in [0.05, 0.1) is 0 Å². The van der Waals surface area contributed by atoms with Gasteiger partial charge in [0.15, 0.2) is 0 Å². The third kappa shape index (κ3) is 3.09. The van der Waals surface area contributed by atoms with E-state index in [2.05, 4.69) is 91.0 Å². The molecule has 2 unspecified atom stereocenters. The third-order valence-electron chi connectivity index (χ3n) is 3.16. The van der Waals surface area contributed by atoms with Gasteiger partial charge in [-0.15, -0.1) is 0 Å². The minimum Gasteiger partial charge on any atom is -0.0768 e. The number of halogens is 1. The largest absolute Gasteiger partial charge is 0.0768 e. The van der Waals surface area contributed by atoms with Gasteiger partial charge in [-0.2, -0.15) is 0 Å². The Kier molecular flexibility index (Phi) is 4.21. The summed E-state index contributed by atoms with van der Waals surface area (Å²) in [4.78, 5) is 0. The average Bonchev–Trinajstić information content (AvgIpc) is 2.39. The maximum atomic E-state index is 2.55. The van der Waals surface area contributed by atoms with E-state index in [0.29, 0.717) is 9.84 Å². The molecule has 0 aliphatic carbocycles. The minimum atomic E-state index is 0.525. The molecule has 0 nitrogen and oxygen atoms in total. The molecule has 0 heterocycles. The fourth-order valence-electron chi connectivity index (χ4n) is 1.96. The number of rotatable bonds is 3. The second-order valence-electron chi connectivity index (χ2n) is 4.51. The molecular weight excluding hydrogens is 319 g/mol. The molecule has 2 aromatic carbocycles. The Labute approximate surface area is 117 Å². The second-order valence-corrected chi connectivity index (χ2v) is 5.85.